The van der Waals surface area contributed by atoms with Gasteiger partial charge in [0.2, 0.25) is 5.91 Å². The van der Waals surface area contributed by atoms with Gasteiger partial charge in [-0.3, -0.25) is 4.79 Å². The number of hydrogen-bond donors (Lipinski definition) is 1. The standard InChI is InChI=1S/C23H23NO3/c1-17(25)7-6-14-24-23(26)16-27-22-15-20-10-3-2-8-18(20)12-13-19-9-4-5-11-21(19)22/h2-5,8-11,22H,6-7,14-16H2,1H3,(H,24,26). The number of hydrogen-bond acceptors (Lipinski definition) is 3. The van der Waals surface area contributed by atoms with E-state index >= 15 is 0 Å². The van der Waals surface area contributed by atoms with Crippen molar-refractivity contribution in [3.05, 3.63) is 70.8 Å². The van der Waals surface area contributed by atoms with Crippen LogP contribution in [-0.4, -0.2) is 24.8 Å². The SMILES string of the molecule is CC(=O)CCCNC(=O)COC1Cc2ccccc2C#Cc2ccccc21. The molecule has 4 nitrogen and oxygen atoms in total. The first-order valence-corrected chi connectivity index (χ1v) is 9.20. The normalized spacial score (nSPS) is 14.6. The van der Waals surface area contributed by atoms with Gasteiger partial charge in [-0.25, -0.2) is 0 Å². The highest BCUT2D eigenvalue weighted by atomic mass is 16.5. The van der Waals surface area contributed by atoms with Crippen LogP contribution in [-0.2, 0) is 20.7 Å². The highest BCUT2D eigenvalue weighted by Gasteiger charge is 2.20. The molecule has 2 aromatic carbocycles. The third kappa shape index (κ3) is 5.29. The Morgan fingerprint density at radius 2 is 1.78 bits per heavy atom. The Hall–Kier alpha value is -2.90. The summed E-state index contributed by atoms with van der Waals surface area (Å²) < 4.78 is 6.00. The first-order valence-electron chi connectivity index (χ1n) is 9.20. The zero-order valence-corrected chi connectivity index (χ0v) is 15.5. The quantitative estimate of drug-likeness (QED) is 0.609. The number of ether oxygens (including phenoxy) is 1. The third-order valence-electron chi connectivity index (χ3n) is 4.51. The fraction of sp³-hybridized carbons (Fsp3) is 0.304. The predicted molar refractivity (Wildman–Crippen MR) is 104 cm³/mol. The van der Waals surface area contributed by atoms with Crippen LogP contribution in [0.3, 0.4) is 0 Å². The largest absolute Gasteiger partial charge is 0.363 e. The summed E-state index contributed by atoms with van der Waals surface area (Å²) in [6, 6.07) is 15.9. The van der Waals surface area contributed by atoms with Gasteiger partial charge in [0.15, 0.2) is 0 Å². The molecule has 0 aliphatic heterocycles. The van der Waals surface area contributed by atoms with Crippen LogP contribution in [0.2, 0.25) is 0 Å². The van der Waals surface area contributed by atoms with Crippen molar-refractivity contribution >= 4 is 11.7 Å². The second-order valence-corrected chi connectivity index (χ2v) is 6.65. The van der Waals surface area contributed by atoms with Gasteiger partial charge in [0.05, 0.1) is 6.10 Å². The zero-order chi connectivity index (χ0) is 19.1. The van der Waals surface area contributed by atoms with Crippen LogP contribution in [0.5, 0.6) is 0 Å². The molecule has 1 aliphatic rings. The average molecular weight is 361 g/mol. The maximum absolute atomic E-state index is 12.1. The van der Waals surface area contributed by atoms with Gasteiger partial charge in [0.25, 0.3) is 0 Å². The highest BCUT2D eigenvalue weighted by Crippen LogP contribution is 2.28. The Morgan fingerprint density at radius 1 is 1.07 bits per heavy atom. The lowest BCUT2D eigenvalue weighted by Gasteiger charge is -2.21. The summed E-state index contributed by atoms with van der Waals surface area (Å²) in [5.74, 6) is 6.43. The molecule has 0 heterocycles. The Labute approximate surface area is 159 Å². The monoisotopic (exact) mass is 361 g/mol. The number of ketones is 1. The molecule has 27 heavy (non-hydrogen) atoms. The first-order chi connectivity index (χ1) is 13.1. The van der Waals surface area contributed by atoms with Crippen LogP contribution >= 0.6 is 0 Å². The van der Waals surface area contributed by atoms with E-state index in [1.807, 2.05) is 42.5 Å². The van der Waals surface area contributed by atoms with Gasteiger partial charge < -0.3 is 14.8 Å². The summed E-state index contributed by atoms with van der Waals surface area (Å²) in [5.41, 5.74) is 4.04. The summed E-state index contributed by atoms with van der Waals surface area (Å²) in [5, 5.41) is 2.80. The van der Waals surface area contributed by atoms with Gasteiger partial charge in [-0.2, -0.15) is 0 Å². The Morgan fingerprint density at radius 3 is 2.59 bits per heavy atom. The molecule has 1 aliphatic carbocycles. The number of benzene rings is 2. The lowest BCUT2D eigenvalue weighted by atomic mass is 9.92. The minimum Gasteiger partial charge on any atom is -0.363 e. The topological polar surface area (TPSA) is 55.4 Å². The van der Waals surface area contributed by atoms with Gasteiger partial charge in [-0.05, 0) is 36.6 Å². The minimum atomic E-state index is -0.236. The van der Waals surface area contributed by atoms with Crippen molar-refractivity contribution in [2.45, 2.75) is 32.3 Å². The number of amides is 1. The van der Waals surface area contributed by atoms with Gasteiger partial charge in [-0.15, -0.1) is 0 Å². The van der Waals surface area contributed by atoms with Crippen molar-refractivity contribution in [1.82, 2.24) is 5.32 Å². The highest BCUT2D eigenvalue weighted by molar-refractivity contribution is 5.77. The van der Waals surface area contributed by atoms with E-state index in [1.165, 1.54) is 0 Å². The molecule has 2 aromatic rings. The molecule has 1 N–H and O–H groups in total. The summed E-state index contributed by atoms with van der Waals surface area (Å²) in [6.45, 7) is 2.02. The average Bonchev–Trinajstić information content (AvgIpc) is 2.66. The van der Waals surface area contributed by atoms with Crippen molar-refractivity contribution in [1.29, 1.82) is 0 Å². The van der Waals surface area contributed by atoms with Gasteiger partial charge in [0.1, 0.15) is 12.4 Å². The molecule has 1 atom stereocenters. The number of Topliss-reactive ketones (excluding diaryl/α,β-unsaturated/α-hetero) is 1. The second kappa shape index (κ2) is 9.16. The fourth-order valence-electron chi connectivity index (χ4n) is 3.10. The van der Waals surface area contributed by atoms with Crippen molar-refractivity contribution in [3.8, 4) is 11.8 Å². The molecule has 0 saturated carbocycles. The smallest absolute Gasteiger partial charge is 0.246 e. The predicted octanol–water partition coefficient (Wildman–Crippen LogP) is 3.19. The van der Waals surface area contributed by atoms with E-state index in [4.69, 9.17) is 4.74 Å². The summed E-state index contributed by atoms with van der Waals surface area (Å²) in [4.78, 5) is 23.0. The number of carbonyl (C=O) groups is 2. The van der Waals surface area contributed by atoms with Gasteiger partial charge in [-0.1, -0.05) is 48.2 Å². The molecular weight excluding hydrogens is 338 g/mol. The summed E-state index contributed by atoms with van der Waals surface area (Å²) in [7, 11) is 0. The van der Waals surface area contributed by atoms with Crippen LogP contribution in [0.15, 0.2) is 48.5 Å². The van der Waals surface area contributed by atoms with Crippen molar-refractivity contribution in [2.24, 2.45) is 0 Å². The summed E-state index contributed by atoms with van der Waals surface area (Å²) in [6.07, 6.45) is 1.56. The van der Waals surface area contributed by atoms with E-state index in [0.717, 1.165) is 22.3 Å². The Bertz CT molecular complexity index is 892. The number of carbonyl (C=O) groups excluding carboxylic acids is 2. The van der Waals surface area contributed by atoms with E-state index in [1.54, 1.807) is 6.92 Å². The molecule has 0 aromatic heterocycles. The van der Waals surface area contributed by atoms with Crippen LogP contribution in [0, 0.1) is 11.8 Å². The minimum absolute atomic E-state index is 0.0192. The van der Waals surface area contributed by atoms with E-state index in [9.17, 15) is 9.59 Å². The Kier molecular flexibility index (Phi) is 6.40. The van der Waals surface area contributed by atoms with E-state index in [-0.39, 0.29) is 24.4 Å². The molecule has 1 unspecified atom stereocenters. The van der Waals surface area contributed by atoms with Crippen molar-refractivity contribution < 1.29 is 14.3 Å². The zero-order valence-electron chi connectivity index (χ0n) is 15.5. The van der Waals surface area contributed by atoms with E-state index in [0.29, 0.717) is 25.8 Å². The van der Waals surface area contributed by atoms with Crippen LogP contribution in [0.1, 0.15) is 48.1 Å². The molecule has 4 heteroatoms. The molecule has 0 spiro atoms. The van der Waals surface area contributed by atoms with Gasteiger partial charge >= 0.3 is 0 Å². The molecule has 0 fully saturated rings. The molecule has 0 saturated heterocycles. The first kappa shape index (κ1) is 18.9. The van der Waals surface area contributed by atoms with Crippen molar-refractivity contribution in [2.75, 3.05) is 13.2 Å². The maximum Gasteiger partial charge on any atom is 0.246 e. The fourth-order valence-corrected chi connectivity index (χ4v) is 3.10. The van der Waals surface area contributed by atoms with Crippen LogP contribution < -0.4 is 5.32 Å². The molecule has 0 radical (unpaired) electrons. The van der Waals surface area contributed by atoms with Crippen LogP contribution in [0.25, 0.3) is 0 Å². The Balaban J connectivity index is 1.69. The number of rotatable bonds is 7. The lowest BCUT2D eigenvalue weighted by Crippen LogP contribution is -2.30. The maximum atomic E-state index is 12.1. The molecule has 138 valence electrons. The number of nitrogens with one attached hydrogen (secondary N) is 1. The van der Waals surface area contributed by atoms with E-state index < -0.39 is 0 Å². The molecule has 1 amide bonds. The number of fused-ring (bicyclic) bond motifs is 2. The molecule has 3 rings (SSSR count). The second-order valence-electron chi connectivity index (χ2n) is 6.65. The van der Waals surface area contributed by atoms with Crippen molar-refractivity contribution in [3.63, 3.8) is 0 Å². The summed E-state index contributed by atoms with van der Waals surface area (Å²) >= 11 is 0. The van der Waals surface area contributed by atoms with Gasteiger partial charge in [0, 0.05) is 30.5 Å². The molecular formula is C23H23NO3. The lowest BCUT2D eigenvalue weighted by molar-refractivity contribution is -0.128. The molecule has 0 bridgehead atoms. The van der Waals surface area contributed by atoms with E-state index in [2.05, 4.69) is 23.2 Å². The van der Waals surface area contributed by atoms with Crippen LogP contribution in [0.4, 0.5) is 0 Å². The third-order valence-corrected chi connectivity index (χ3v) is 4.51.